The van der Waals surface area contributed by atoms with Crippen LogP contribution in [0.4, 0.5) is 0 Å². The molecular weight excluding hydrogens is 294 g/mol. The third-order valence-corrected chi connectivity index (χ3v) is 2.18. The van der Waals surface area contributed by atoms with Gasteiger partial charge in [-0.05, 0) is 24.3 Å². The van der Waals surface area contributed by atoms with E-state index >= 15 is 0 Å². The Morgan fingerprint density at radius 3 is 1.21 bits per heavy atom. The van der Waals surface area contributed by atoms with Crippen LogP contribution in [0.5, 0.6) is 11.5 Å². The largest absolute Gasteiger partial charge is 0.507 e. The molecule has 0 aliphatic carbocycles. The Kier molecular flexibility index (Phi) is 8.06. The predicted octanol–water partition coefficient (Wildman–Crippen LogP) is 2.78. The number of phenolic OH excluding ortho intramolecular Hbond substituents is 2. The van der Waals surface area contributed by atoms with Crippen LogP contribution < -0.4 is 0 Å². The molecule has 0 unspecified atom stereocenters. The molecule has 4 N–H and O–H groups in total. The Bertz CT molecular complexity index is 495. The summed E-state index contributed by atoms with van der Waals surface area (Å²) in [5.74, 6) is 0.319. The van der Waals surface area contributed by atoms with E-state index < -0.39 is 0 Å². The van der Waals surface area contributed by atoms with Gasteiger partial charge in [-0.3, -0.25) is 0 Å². The second-order valence-corrected chi connectivity index (χ2v) is 3.41. The molecule has 0 atom stereocenters. The molecule has 0 fully saturated rings. The van der Waals surface area contributed by atoms with E-state index in [1.807, 2.05) is 0 Å². The van der Waals surface area contributed by atoms with E-state index in [1.54, 1.807) is 48.5 Å². The number of rotatable bonds is 2. The second-order valence-electron chi connectivity index (χ2n) is 3.41. The van der Waals surface area contributed by atoms with Gasteiger partial charge in [0.05, 0.1) is 0 Å². The topological polar surface area (TPSA) is 88.2 Å². The Labute approximate surface area is 124 Å². The fraction of sp³-hybridized carbons (Fsp3) is 0. The molecule has 0 aliphatic rings. The van der Waals surface area contributed by atoms with E-state index in [1.165, 1.54) is 0 Å². The van der Waals surface area contributed by atoms with Gasteiger partial charge in [-0.15, -0.1) is 0 Å². The summed E-state index contributed by atoms with van der Waals surface area (Å²) in [4.78, 5) is 0. The number of para-hydroxylation sites is 2. The molecule has 0 aliphatic heterocycles. The van der Waals surface area contributed by atoms with Crippen LogP contribution in [0.3, 0.4) is 0 Å². The average molecular weight is 308 g/mol. The Morgan fingerprint density at radius 2 is 1.00 bits per heavy atom. The first-order chi connectivity index (χ1) is 8.69. The molecule has 2 aromatic rings. The zero-order valence-corrected chi connectivity index (χ0v) is 13.3. The van der Waals surface area contributed by atoms with Crippen molar-refractivity contribution in [3.63, 3.8) is 0 Å². The molecule has 4 nitrogen and oxygen atoms in total. The predicted molar refractivity (Wildman–Crippen MR) is 72.0 cm³/mol. The third kappa shape index (κ3) is 5.45. The minimum absolute atomic E-state index is 0. The summed E-state index contributed by atoms with van der Waals surface area (Å²) < 4.78 is 0. The summed E-state index contributed by atoms with van der Waals surface area (Å²) in [5, 5.41) is 31.5. The van der Waals surface area contributed by atoms with Gasteiger partial charge in [-0.25, -0.2) is 0 Å². The van der Waals surface area contributed by atoms with Gasteiger partial charge >= 0.3 is 0 Å². The molecular formula is C14H14N2O2Zn. The van der Waals surface area contributed by atoms with Crippen molar-refractivity contribution in [3.8, 4) is 11.5 Å². The van der Waals surface area contributed by atoms with Crippen LogP contribution in [0, 0.1) is 10.8 Å². The molecule has 0 saturated carbocycles. The first-order valence-electron chi connectivity index (χ1n) is 5.26. The van der Waals surface area contributed by atoms with Crippen LogP contribution in [0.25, 0.3) is 0 Å². The maximum atomic E-state index is 8.96. The summed E-state index contributed by atoms with van der Waals surface area (Å²) >= 11 is 0. The number of phenols is 2. The zero-order chi connectivity index (χ0) is 13.4. The summed E-state index contributed by atoms with van der Waals surface area (Å²) in [6, 6.07) is 13.5. The van der Waals surface area contributed by atoms with Gasteiger partial charge in [0, 0.05) is 43.0 Å². The maximum absolute atomic E-state index is 8.96. The molecule has 0 saturated heterocycles. The van der Waals surface area contributed by atoms with Gasteiger partial charge in [0.2, 0.25) is 0 Å². The fourth-order valence-electron chi connectivity index (χ4n) is 1.22. The van der Waals surface area contributed by atoms with Gasteiger partial charge < -0.3 is 21.0 Å². The van der Waals surface area contributed by atoms with Gasteiger partial charge in [0.25, 0.3) is 0 Å². The second kappa shape index (κ2) is 9.00. The molecule has 0 bridgehead atoms. The van der Waals surface area contributed by atoms with E-state index in [9.17, 15) is 0 Å². The van der Waals surface area contributed by atoms with Gasteiger partial charge in [-0.2, -0.15) is 0 Å². The molecule has 0 radical (unpaired) electrons. The Hall–Kier alpha value is -2.00. The summed E-state index contributed by atoms with van der Waals surface area (Å²) in [5.41, 5.74) is 1.11. The van der Waals surface area contributed by atoms with Crippen molar-refractivity contribution in [2.45, 2.75) is 0 Å². The van der Waals surface area contributed by atoms with Crippen molar-refractivity contribution in [1.82, 2.24) is 0 Å². The van der Waals surface area contributed by atoms with Crippen molar-refractivity contribution >= 4 is 12.4 Å². The molecule has 0 heterocycles. The van der Waals surface area contributed by atoms with Crippen LogP contribution in [-0.2, 0) is 19.5 Å². The smallest absolute Gasteiger partial charge is 0.124 e. The Balaban J connectivity index is 0.000000324. The molecule has 2 rings (SSSR count). The first-order valence-corrected chi connectivity index (χ1v) is 5.26. The average Bonchev–Trinajstić information content (AvgIpc) is 2.41. The number of nitrogens with one attached hydrogen (secondary N) is 2. The van der Waals surface area contributed by atoms with E-state index in [0.717, 1.165) is 12.4 Å². The summed E-state index contributed by atoms with van der Waals surface area (Å²) in [6.07, 6.45) is 2.24. The van der Waals surface area contributed by atoms with Gasteiger partial charge in [0.15, 0.2) is 0 Å². The van der Waals surface area contributed by atoms with E-state index in [-0.39, 0.29) is 31.0 Å². The maximum Gasteiger partial charge on any atom is 0.124 e. The molecule has 5 heteroatoms. The molecule has 94 valence electrons. The number of hydrogen-bond donors (Lipinski definition) is 4. The van der Waals surface area contributed by atoms with Crippen molar-refractivity contribution in [1.29, 1.82) is 10.8 Å². The Morgan fingerprint density at radius 1 is 0.684 bits per heavy atom. The number of benzene rings is 2. The summed E-state index contributed by atoms with van der Waals surface area (Å²) in [7, 11) is 0. The van der Waals surface area contributed by atoms with Crippen molar-refractivity contribution < 1.29 is 29.7 Å². The third-order valence-electron chi connectivity index (χ3n) is 2.18. The minimum Gasteiger partial charge on any atom is -0.507 e. The van der Waals surface area contributed by atoms with Crippen LogP contribution in [-0.4, -0.2) is 22.6 Å². The van der Waals surface area contributed by atoms with E-state index in [4.69, 9.17) is 21.0 Å². The molecule has 2 aromatic carbocycles. The van der Waals surface area contributed by atoms with Crippen LogP contribution in [0.2, 0.25) is 0 Å². The van der Waals surface area contributed by atoms with Crippen LogP contribution in [0.1, 0.15) is 11.1 Å². The molecule has 19 heavy (non-hydrogen) atoms. The molecule has 0 amide bonds. The SMILES string of the molecule is N=Cc1ccccc1O.N=Cc1ccccc1O.[Zn]. The quantitative estimate of drug-likeness (QED) is 0.508. The normalized spacial score (nSPS) is 8.42. The van der Waals surface area contributed by atoms with E-state index in [2.05, 4.69) is 0 Å². The van der Waals surface area contributed by atoms with Gasteiger partial charge in [0.1, 0.15) is 11.5 Å². The fourth-order valence-corrected chi connectivity index (χ4v) is 1.22. The van der Waals surface area contributed by atoms with Gasteiger partial charge in [-0.1, -0.05) is 24.3 Å². The molecule has 0 aromatic heterocycles. The van der Waals surface area contributed by atoms with E-state index in [0.29, 0.717) is 11.1 Å². The van der Waals surface area contributed by atoms with Crippen molar-refractivity contribution in [3.05, 3.63) is 59.7 Å². The number of aromatic hydroxyl groups is 2. The van der Waals surface area contributed by atoms with Crippen LogP contribution in [0.15, 0.2) is 48.5 Å². The monoisotopic (exact) mass is 306 g/mol. The standard InChI is InChI=1S/2C7H7NO.Zn/c2*8-5-6-3-1-2-4-7(6)9;/h2*1-5,8-9H;. The van der Waals surface area contributed by atoms with Crippen molar-refractivity contribution in [2.24, 2.45) is 0 Å². The minimum atomic E-state index is 0. The van der Waals surface area contributed by atoms with Crippen molar-refractivity contribution in [2.75, 3.05) is 0 Å². The van der Waals surface area contributed by atoms with Crippen LogP contribution >= 0.6 is 0 Å². The first kappa shape index (κ1) is 17.0. The summed E-state index contributed by atoms with van der Waals surface area (Å²) in [6.45, 7) is 0. The zero-order valence-electron chi connectivity index (χ0n) is 10.4. The molecule has 0 spiro atoms. The number of hydrogen-bond acceptors (Lipinski definition) is 4.